The first-order chi connectivity index (χ1) is 11.7. The molecule has 24 heavy (non-hydrogen) atoms. The van der Waals surface area contributed by atoms with Gasteiger partial charge in [0, 0.05) is 12.1 Å². The van der Waals surface area contributed by atoms with E-state index in [1.54, 1.807) is 6.20 Å². The lowest BCUT2D eigenvalue weighted by molar-refractivity contribution is -0.134. The summed E-state index contributed by atoms with van der Waals surface area (Å²) in [7, 11) is 0. The number of unbranched alkanes of at least 4 members (excludes halogenated alkanes) is 2. The zero-order valence-corrected chi connectivity index (χ0v) is 15.4. The van der Waals surface area contributed by atoms with Crippen LogP contribution in [0.15, 0.2) is 18.3 Å². The van der Waals surface area contributed by atoms with Crippen molar-refractivity contribution in [3.63, 3.8) is 0 Å². The Morgan fingerprint density at radius 2 is 1.88 bits per heavy atom. The van der Waals surface area contributed by atoms with E-state index in [9.17, 15) is 4.79 Å². The molecule has 0 spiro atoms. The highest BCUT2D eigenvalue weighted by Gasteiger charge is 2.19. The molecule has 1 aromatic heterocycles. The molecular formula is C21H33NO2. The third kappa shape index (κ3) is 6.62. The summed E-state index contributed by atoms with van der Waals surface area (Å²) < 4.78 is 5.33. The minimum absolute atomic E-state index is 0.148. The van der Waals surface area contributed by atoms with Crippen LogP contribution in [0.1, 0.15) is 83.7 Å². The van der Waals surface area contributed by atoms with Gasteiger partial charge in [0.1, 0.15) is 5.75 Å². The van der Waals surface area contributed by atoms with Crippen molar-refractivity contribution in [2.75, 3.05) is 0 Å². The second-order valence-corrected chi connectivity index (χ2v) is 7.25. The molecule has 1 aromatic rings. The van der Waals surface area contributed by atoms with Gasteiger partial charge in [-0.25, -0.2) is 0 Å². The fourth-order valence-electron chi connectivity index (χ4n) is 3.60. The Labute approximate surface area is 147 Å². The maximum atomic E-state index is 11.7. The van der Waals surface area contributed by atoms with E-state index in [1.165, 1.54) is 38.5 Å². The highest BCUT2D eigenvalue weighted by molar-refractivity contribution is 5.72. The molecule has 0 amide bonds. The molecule has 0 aromatic carbocycles. The lowest BCUT2D eigenvalue weighted by Crippen LogP contribution is -2.14. The van der Waals surface area contributed by atoms with Crippen LogP contribution in [-0.4, -0.2) is 11.0 Å². The van der Waals surface area contributed by atoms with Crippen molar-refractivity contribution < 1.29 is 9.53 Å². The third-order valence-corrected chi connectivity index (χ3v) is 5.37. The van der Waals surface area contributed by atoms with Gasteiger partial charge in [0.25, 0.3) is 0 Å². The summed E-state index contributed by atoms with van der Waals surface area (Å²) in [6, 6.07) is 3.89. The largest absolute Gasteiger partial charge is 0.425 e. The fourth-order valence-corrected chi connectivity index (χ4v) is 3.60. The summed E-state index contributed by atoms with van der Waals surface area (Å²) in [4.78, 5) is 16.2. The van der Waals surface area contributed by atoms with E-state index in [1.807, 2.05) is 12.1 Å². The van der Waals surface area contributed by atoms with E-state index >= 15 is 0 Å². The van der Waals surface area contributed by atoms with Crippen molar-refractivity contribution in [1.29, 1.82) is 0 Å². The van der Waals surface area contributed by atoms with E-state index in [0.717, 1.165) is 43.2 Å². The molecule has 0 aliphatic heterocycles. The summed E-state index contributed by atoms with van der Waals surface area (Å²) in [5.74, 6) is 2.26. The summed E-state index contributed by atoms with van der Waals surface area (Å²) in [6.45, 7) is 4.44. The number of carbonyl (C=O) groups excluding carboxylic acids is 1. The number of esters is 1. The van der Waals surface area contributed by atoms with Crippen molar-refractivity contribution in [3.8, 4) is 5.75 Å². The van der Waals surface area contributed by atoms with Gasteiger partial charge < -0.3 is 4.74 Å². The standard InChI is InChI=1S/C21H33NO2/c1-3-5-6-7-21(23)24-20-15-14-19(22-16-20)13-12-18-10-8-17(4-2)9-11-18/h14-18H,3-13H2,1-2H3. The molecule has 3 nitrogen and oxygen atoms in total. The summed E-state index contributed by atoms with van der Waals surface area (Å²) in [5, 5.41) is 0. The van der Waals surface area contributed by atoms with Crippen molar-refractivity contribution in [2.24, 2.45) is 11.8 Å². The highest BCUT2D eigenvalue weighted by Crippen LogP contribution is 2.32. The number of hydrogen-bond acceptors (Lipinski definition) is 3. The molecule has 0 bridgehead atoms. The van der Waals surface area contributed by atoms with Crippen LogP contribution in [0.3, 0.4) is 0 Å². The predicted molar refractivity (Wildman–Crippen MR) is 98.1 cm³/mol. The van der Waals surface area contributed by atoms with Crippen LogP contribution >= 0.6 is 0 Å². The maximum absolute atomic E-state index is 11.7. The van der Waals surface area contributed by atoms with Gasteiger partial charge in [-0.2, -0.15) is 0 Å². The normalized spacial score (nSPS) is 20.8. The van der Waals surface area contributed by atoms with Gasteiger partial charge in [0.15, 0.2) is 0 Å². The molecule has 1 aliphatic carbocycles. The van der Waals surface area contributed by atoms with Crippen molar-refractivity contribution in [1.82, 2.24) is 4.98 Å². The zero-order chi connectivity index (χ0) is 17.2. The van der Waals surface area contributed by atoms with Gasteiger partial charge in [-0.05, 0) is 43.2 Å². The Kier molecular flexibility index (Phi) is 8.27. The first kappa shape index (κ1) is 19.0. The number of carbonyl (C=O) groups is 1. The smallest absolute Gasteiger partial charge is 0.311 e. The van der Waals surface area contributed by atoms with Gasteiger partial charge in [0.2, 0.25) is 0 Å². The topological polar surface area (TPSA) is 39.2 Å². The fraction of sp³-hybridized carbons (Fsp3) is 0.714. The molecule has 0 radical (unpaired) electrons. The van der Waals surface area contributed by atoms with Crippen molar-refractivity contribution in [2.45, 2.75) is 84.5 Å². The van der Waals surface area contributed by atoms with Crippen LogP contribution in [-0.2, 0) is 11.2 Å². The Bertz CT molecular complexity index is 475. The molecule has 0 N–H and O–H groups in total. The summed E-state index contributed by atoms with van der Waals surface area (Å²) in [6.07, 6.45) is 14.5. The minimum atomic E-state index is -0.148. The zero-order valence-electron chi connectivity index (χ0n) is 15.4. The lowest BCUT2D eigenvalue weighted by Gasteiger charge is -2.27. The lowest BCUT2D eigenvalue weighted by atomic mass is 9.79. The number of aryl methyl sites for hydroxylation is 1. The molecule has 3 heteroatoms. The second-order valence-electron chi connectivity index (χ2n) is 7.25. The second kappa shape index (κ2) is 10.5. The van der Waals surface area contributed by atoms with Crippen LogP contribution in [0, 0.1) is 11.8 Å². The minimum Gasteiger partial charge on any atom is -0.425 e. The molecule has 0 atom stereocenters. The van der Waals surface area contributed by atoms with E-state index in [0.29, 0.717) is 12.2 Å². The molecule has 1 aliphatic rings. The molecule has 1 heterocycles. The highest BCUT2D eigenvalue weighted by atomic mass is 16.5. The Morgan fingerprint density at radius 3 is 2.50 bits per heavy atom. The number of hydrogen-bond donors (Lipinski definition) is 0. The molecule has 134 valence electrons. The third-order valence-electron chi connectivity index (χ3n) is 5.37. The average Bonchev–Trinajstić information content (AvgIpc) is 2.62. The van der Waals surface area contributed by atoms with Crippen LogP contribution in [0.5, 0.6) is 5.75 Å². The summed E-state index contributed by atoms with van der Waals surface area (Å²) >= 11 is 0. The first-order valence-electron chi connectivity index (χ1n) is 9.86. The number of ether oxygens (including phenoxy) is 1. The number of aromatic nitrogens is 1. The number of rotatable bonds is 9. The SMILES string of the molecule is CCCCCC(=O)Oc1ccc(CCC2CCC(CC)CC2)nc1. The van der Waals surface area contributed by atoms with Crippen LogP contribution < -0.4 is 4.74 Å². The molecule has 0 unspecified atom stereocenters. The molecular weight excluding hydrogens is 298 g/mol. The van der Waals surface area contributed by atoms with Gasteiger partial charge in [0.05, 0.1) is 6.20 Å². The van der Waals surface area contributed by atoms with Crippen molar-refractivity contribution in [3.05, 3.63) is 24.0 Å². The van der Waals surface area contributed by atoms with E-state index in [-0.39, 0.29) is 5.97 Å². The van der Waals surface area contributed by atoms with Crippen LogP contribution in [0.2, 0.25) is 0 Å². The Hall–Kier alpha value is -1.38. The monoisotopic (exact) mass is 331 g/mol. The van der Waals surface area contributed by atoms with Gasteiger partial charge in [-0.1, -0.05) is 58.8 Å². The average molecular weight is 332 g/mol. The Morgan fingerprint density at radius 1 is 1.12 bits per heavy atom. The molecule has 1 fully saturated rings. The van der Waals surface area contributed by atoms with E-state index < -0.39 is 0 Å². The van der Waals surface area contributed by atoms with Gasteiger partial charge >= 0.3 is 5.97 Å². The number of nitrogens with zero attached hydrogens (tertiary/aromatic N) is 1. The van der Waals surface area contributed by atoms with Crippen LogP contribution in [0.4, 0.5) is 0 Å². The quantitative estimate of drug-likeness (QED) is 0.429. The predicted octanol–water partition coefficient (Wildman–Crippen LogP) is 5.72. The van der Waals surface area contributed by atoms with E-state index in [4.69, 9.17) is 4.74 Å². The summed E-state index contributed by atoms with van der Waals surface area (Å²) in [5.41, 5.74) is 1.11. The maximum Gasteiger partial charge on any atom is 0.311 e. The van der Waals surface area contributed by atoms with Gasteiger partial charge in [-0.15, -0.1) is 0 Å². The molecule has 2 rings (SSSR count). The van der Waals surface area contributed by atoms with Gasteiger partial charge in [-0.3, -0.25) is 9.78 Å². The number of pyridine rings is 1. The Balaban J connectivity index is 1.69. The first-order valence-corrected chi connectivity index (χ1v) is 9.86. The molecule has 0 saturated heterocycles. The molecule has 1 saturated carbocycles. The van der Waals surface area contributed by atoms with Crippen LogP contribution in [0.25, 0.3) is 0 Å². The van der Waals surface area contributed by atoms with Crippen molar-refractivity contribution >= 4 is 5.97 Å². The van der Waals surface area contributed by atoms with E-state index in [2.05, 4.69) is 18.8 Å².